The Bertz CT molecular complexity index is 798. The smallest absolute Gasteiger partial charge is 0.337 e. The summed E-state index contributed by atoms with van der Waals surface area (Å²) in [6.07, 6.45) is 2.26. The standard InChI is InChI=1S/C19H19NO5/c1-22-19(21)13-4-6-16(15(10-13)20-8-2-3-9-20)25-14-5-7-17-18(11-14)24-12-23-17/h4-7,10-11H,2-3,8-9,12H2,1H3. The first-order chi connectivity index (χ1) is 12.2. The van der Waals surface area contributed by atoms with Gasteiger partial charge in [-0.3, -0.25) is 0 Å². The number of methoxy groups -OCH3 is 1. The van der Waals surface area contributed by atoms with Gasteiger partial charge in [-0.15, -0.1) is 0 Å². The van der Waals surface area contributed by atoms with Crippen LogP contribution in [0.1, 0.15) is 23.2 Å². The molecular weight excluding hydrogens is 322 g/mol. The molecule has 130 valence electrons. The number of anilines is 1. The van der Waals surface area contributed by atoms with Crippen molar-refractivity contribution < 1.29 is 23.7 Å². The maximum Gasteiger partial charge on any atom is 0.337 e. The summed E-state index contributed by atoms with van der Waals surface area (Å²) in [4.78, 5) is 14.1. The topological polar surface area (TPSA) is 57.2 Å². The van der Waals surface area contributed by atoms with Crippen LogP contribution in [0.5, 0.6) is 23.0 Å². The zero-order valence-corrected chi connectivity index (χ0v) is 14.0. The first kappa shape index (κ1) is 15.6. The summed E-state index contributed by atoms with van der Waals surface area (Å²) in [6, 6.07) is 10.8. The molecule has 2 aliphatic heterocycles. The van der Waals surface area contributed by atoms with E-state index in [4.69, 9.17) is 18.9 Å². The van der Waals surface area contributed by atoms with Gasteiger partial charge in [0.15, 0.2) is 17.2 Å². The molecule has 2 aliphatic rings. The zero-order valence-electron chi connectivity index (χ0n) is 14.0. The van der Waals surface area contributed by atoms with Crippen LogP contribution in [0, 0.1) is 0 Å². The second-order valence-electron chi connectivity index (χ2n) is 5.99. The lowest BCUT2D eigenvalue weighted by Gasteiger charge is -2.22. The Hall–Kier alpha value is -2.89. The molecule has 0 N–H and O–H groups in total. The Morgan fingerprint density at radius 1 is 1.04 bits per heavy atom. The Kier molecular flexibility index (Phi) is 4.09. The van der Waals surface area contributed by atoms with E-state index in [0.717, 1.165) is 31.6 Å². The summed E-state index contributed by atoms with van der Waals surface area (Å²) in [6.45, 7) is 2.12. The predicted octanol–water partition coefficient (Wildman–Crippen LogP) is 3.59. The van der Waals surface area contributed by atoms with E-state index in [9.17, 15) is 4.79 Å². The van der Waals surface area contributed by atoms with E-state index < -0.39 is 0 Å². The first-order valence-electron chi connectivity index (χ1n) is 8.29. The number of ether oxygens (including phenoxy) is 4. The van der Waals surface area contributed by atoms with E-state index in [2.05, 4.69) is 4.90 Å². The van der Waals surface area contributed by atoms with E-state index in [0.29, 0.717) is 28.6 Å². The summed E-state index contributed by atoms with van der Waals surface area (Å²) in [5.74, 6) is 2.40. The lowest BCUT2D eigenvalue weighted by molar-refractivity contribution is 0.0600. The third-order valence-corrected chi connectivity index (χ3v) is 4.40. The predicted molar refractivity (Wildman–Crippen MR) is 91.9 cm³/mol. The van der Waals surface area contributed by atoms with Crippen LogP contribution >= 0.6 is 0 Å². The second-order valence-corrected chi connectivity index (χ2v) is 5.99. The number of rotatable bonds is 4. The third kappa shape index (κ3) is 3.07. The molecule has 25 heavy (non-hydrogen) atoms. The Morgan fingerprint density at radius 3 is 2.64 bits per heavy atom. The lowest BCUT2D eigenvalue weighted by Crippen LogP contribution is -2.19. The molecule has 0 aliphatic carbocycles. The molecule has 1 fully saturated rings. The Labute approximate surface area is 145 Å². The van der Waals surface area contributed by atoms with Crippen LogP contribution in [0.15, 0.2) is 36.4 Å². The number of carbonyl (C=O) groups excluding carboxylic acids is 1. The minimum Gasteiger partial charge on any atom is -0.465 e. The summed E-state index contributed by atoms with van der Waals surface area (Å²) in [7, 11) is 1.38. The number of fused-ring (bicyclic) bond motifs is 1. The number of esters is 1. The molecule has 2 heterocycles. The van der Waals surface area contributed by atoms with Crippen molar-refractivity contribution in [2.45, 2.75) is 12.8 Å². The summed E-state index contributed by atoms with van der Waals surface area (Å²) >= 11 is 0. The summed E-state index contributed by atoms with van der Waals surface area (Å²) in [5.41, 5.74) is 1.42. The van der Waals surface area contributed by atoms with E-state index in [1.165, 1.54) is 7.11 Å². The monoisotopic (exact) mass is 341 g/mol. The molecule has 0 radical (unpaired) electrons. The minimum atomic E-state index is -0.352. The molecule has 0 atom stereocenters. The Balaban J connectivity index is 1.66. The molecule has 0 saturated carbocycles. The van der Waals surface area contributed by atoms with E-state index in [1.54, 1.807) is 6.07 Å². The minimum absolute atomic E-state index is 0.228. The molecule has 4 rings (SSSR count). The van der Waals surface area contributed by atoms with Crippen LogP contribution in [0.4, 0.5) is 5.69 Å². The van der Waals surface area contributed by atoms with E-state index >= 15 is 0 Å². The van der Waals surface area contributed by atoms with Crippen molar-refractivity contribution in [3.8, 4) is 23.0 Å². The van der Waals surface area contributed by atoms with E-state index in [-0.39, 0.29) is 12.8 Å². The average molecular weight is 341 g/mol. The van der Waals surface area contributed by atoms with Gasteiger partial charge in [0.2, 0.25) is 6.79 Å². The normalized spacial score (nSPS) is 15.3. The van der Waals surface area contributed by atoms with Crippen molar-refractivity contribution in [1.82, 2.24) is 0 Å². The molecule has 0 amide bonds. The van der Waals surface area contributed by atoms with Crippen LogP contribution < -0.4 is 19.1 Å². The number of benzene rings is 2. The van der Waals surface area contributed by atoms with Gasteiger partial charge < -0.3 is 23.8 Å². The van der Waals surface area contributed by atoms with E-state index in [1.807, 2.05) is 30.3 Å². The highest BCUT2D eigenvalue weighted by Gasteiger charge is 2.20. The van der Waals surface area contributed by atoms with Crippen molar-refractivity contribution in [2.24, 2.45) is 0 Å². The molecule has 6 heteroatoms. The zero-order chi connectivity index (χ0) is 17.2. The summed E-state index contributed by atoms with van der Waals surface area (Å²) < 4.78 is 21.6. The molecule has 0 aromatic heterocycles. The highest BCUT2D eigenvalue weighted by molar-refractivity contribution is 5.91. The van der Waals surface area contributed by atoms with Crippen molar-refractivity contribution in [2.75, 3.05) is 31.9 Å². The van der Waals surface area contributed by atoms with Crippen molar-refractivity contribution in [3.05, 3.63) is 42.0 Å². The van der Waals surface area contributed by atoms with Gasteiger partial charge in [-0.2, -0.15) is 0 Å². The molecule has 1 saturated heterocycles. The van der Waals surface area contributed by atoms with Crippen LogP contribution in [0.25, 0.3) is 0 Å². The third-order valence-electron chi connectivity index (χ3n) is 4.40. The number of nitrogens with zero attached hydrogens (tertiary/aromatic N) is 1. The molecule has 6 nitrogen and oxygen atoms in total. The first-order valence-corrected chi connectivity index (χ1v) is 8.29. The largest absolute Gasteiger partial charge is 0.465 e. The fourth-order valence-electron chi connectivity index (χ4n) is 3.12. The molecule has 0 spiro atoms. The van der Waals surface area contributed by atoms with Crippen LogP contribution in [0.3, 0.4) is 0 Å². The van der Waals surface area contributed by atoms with Crippen LogP contribution in [-0.2, 0) is 4.74 Å². The van der Waals surface area contributed by atoms with Crippen LogP contribution in [-0.4, -0.2) is 33.0 Å². The number of hydrogen-bond acceptors (Lipinski definition) is 6. The van der Waals surface area contributed by atoms with Crippen molar-refractivity contribution in [3.63, 3.8) is 0 Å². The quantitative estimate of drug-likeness (QED) is 0.792. The summed E-state index contributed by atoms with van der Waals surface area (Å²) in [5, 5.41) is 0. The molecule has 0 unspecified atom stereocenters. The van der Waals surface area contributed by atoms with Gasteiger partial charge in [-0.1, -0.05) is 0 Å². The highest BCUT2D eigenvalue weighted by atomic mass is 16.7. The molecule has 2 aromatic rings. The van der Waals surface area contributed by atoms with Gasteiger partial charge in [0.1, 0.15) is 5.75 Å². The number of hydrogen-bond donors (Lipinski definition) is 0. The Morgan fingerprint density at radius 2 is 1.84 bits per heavy atom. The fraction of sp³-hybridized carbons (Fsp3) is 0.316. The van der Waals surface area contributed by atoms with Gasteiger partial charge in [0.25, 0.3) is 0 Å². The van der Waals surface area contributed by atoms with Gasteiger partial charge in [0.05, 0.1) is 18.4 Å². The number of carbonyl (C=O) groups is 1. The second kappa shape index (κ2) is 6.55. The average Bonchev–Trinajstić information content (AvgIpc) is 3.32. The van der Waals surface area contributed by atoms with Crippen molar-refractivity contribution >= 4 is 11.7 Å². The fourth-order valence-corrected chi connectivity index (χ4v) is 3.12. The molecule has 0 bridgehead atoms. The lowest BCUT2D eigenvalue weighted by atomic mass is 10.1. The maximum absolute atomic E-state index is 11.9. The van der Waals surface area contributed by atoms with Gasteiger partial charge in [0, 0.05) is 19.2 Å². The highest BCUT2D eigenvalue weighted by Crippen LogP contribution is 2.39. The maximum atomic E-state index is 11.9. The SMILES string of the molecule is COC(=O)c1ccc(Oc2ccc3c(c2)OCO3)c(N2CCCC2)c1. The van der Waals surface area contributed by atoms with Crippen molar-refractivity contribution in [1.29, 1.82) is 0 Å². The molecular formula is C19H19NO5. The molecule has 2 aromatic carbocycles. The van der Waals surface area contributed by atoms with Gasteiger partial charge in [-0.25, -0.2) is 4.79 Å². The van der Waals surface area contributed by atoms with Gasteiger partial charge >= 0.3 is 5.97 Å². The van der Waals surface area contributed by atoms with Crippen LogP contribution in [0.2, 0.25) is 0 Å². The van der Waals surface area contributed by atoms with Gasteiger partial charge in [-0.05, 0) is 43.2 Å².